The highest BCUT2D eigenvalue weighted by atomic mass is 19.1. The van der Waals surface area contributed by atoms with Crippen molar-refractivity contribution < 1.29 is 9.13 Å². The lowest BCUT2D eigenvalue weighted by Crippen LogP contribution is -2.27. The van der Waals surface area contributed by atoms with Crippen LogP contribution in [-0.2, 0) is 4.74 Å². The van der Waals surface area contributed by atoms with Crippen molar-refractivity contribution in [3.05, 3.63) is 12.3 Å². The van der Waals surface area contributed by atoms with Gasteiger partial charge in [-0.1, -0.05) is 18.9 Å². The van der Waals surface area contributed by atoms with Crippen LogP contribution in [0, 0.1) is 23.7 Å². The van der Waals surface area contributed by atoms with Gasteiger partial charge in [-0.25, -0.2) is 0 Å². The van der Waals surface area contributed by atoms with Crippen LogP contribution in [0.15, 0.2) is 12.3 Å². The summed E-state index contributed by atoms with van der Waals surface area (Å²) in [6, 6.07) is 0. The maximum Gasteiger partial charge on any atom is 0.0901 e. The molecule has 0 aromatic carbocycles. The van der Waals surface area contributed by atoms with Crippen LogP contribution in [-0.4, -0.2) is 13.3 Å². The predicted molar refractivity (Wildman–Crippen MR) is 86.9 cm³/mol. The first-order chi connectivity index (χ1) is 10.3. The minimum absolute atomic E-state index is 0.126. The molecular weight excluding hydrogens is 263 g/mol. The summed E-state index contributed by atoms with van der Waals surface area (Å²) in [6.07, 6.45) is 16.7. The molecule has 0 bridgehead atoms. The van der Waals surface area contributed by atoms with E-state index in [1.165, 1.54) is 51.4 Å². The Morgan fingerprint density at radius 2 is 1.48 bits per heavy atom. The predicted octanol–water partition coefficient (Wildman–Crippen LogP) is 5.90. The Kier molecular flexibility index (Phi) is 7.60. The van der Waals surface area contributed by atoms with Crippen molar-refractivity contribution in [2.24, 2.45) is 23.7 Å². The van der Waals surface area contributed by atoms with Crippen molar-refractivity contribution in [1.29, 1.82) is 0 Å². The third kappa shape index (κ3) is 5.64. The highest BCUT2D eigenvalue weighted by Gasteiger charge is 2.30. The highest BCUT2D eigenvalue weighted by molar-refractivity contribution is 4.82. The third-order valence-electron chi connectivity index (χ3n) is 5.76. The molecule has 0 amide bonds. The molecule has 0 atom stereocenters. The van der Waals surface area contributed by atoms with E-state index in [4.69, 9.17) is 4.74 Å². The molecule has 2 saturated carbocycles. The van der Waals surface area contributed by atoms with Crippen LogP contribution in [0.4, 0.5) is 4.39 Å². The SMILES string of the molecule is CC=COCC1CCC(C2CCC(CCCF)CC2)CC1. The average molecular weight is 296 g/mol. The molecule has 0 N–H and O–H groups in total. The Morgan fingerprint density at radius 1 is 0.905 bits per heavy atom. The number of ether oxygens (including phenoxy) is 1. The summed E-state index contributed by atoms with van der Waals surface area (Å²) in [5, 5.41) is 0. The summed E-state index contributed by atoms with van der Waals surface area (Å²) in [6.45, 7) is 2.78. The van der Waals surface area contributed by atoms with E-state index in [-0.39, 0.29) is 6.67 Å². The van der Waals surface area contributed by atoms with Gasteiger partial charge in [0.1, 0.15) is 0 Å². The summed E-state index contributed by atoms with van der Waals surface area (Å²) in [7, 11) is 0. The van der Waals surface area contributed by atoms with E-state index >= 15 is 0 Å². The minimum atomic E-state index is -0.126. The molecule has 21 heavy (non-hydrogen) atoms. The van der Waals surface area contributed by atoms with Crippen LogP contribution in [0.3, 0.4) is 0 Å². The molecule has 122 valence electrons. The van der Waals surface area contributed by atoms with Gasteiger partial charge in [0, 0.05) is 0 Å². The van der Waals surface area contributed by atoms with E-state index < -0.39 is 0 Å². The molecule has 0 spiro atoms. The van der Waals surface area contributed by atoms with E-state index in [1.807, 2.05) is 19.3 Å². The number of hydrogen-bond donors (Lipinski definition) is 0. The topological polar surface area (TPSA) is 9.23 Å². The first-order valence-electron chi connectivity index (χ1n) is 9.12. The van der Waals surface area contributed by atoms with Crippen molar-refractivity contribution in [2.45, 2.75) is 71.1 Å². The van der Waals surface area contributed by atoms with Crippen molar-refractivity contribution in [2.75, 3.05) is 13.3 Å². The molecular formula is C19H33FO. The lowest BCUT2D eigenvalue weighted by molar-refractivity contribution is 0.108. The average Bonchev–Trinajstić information content (AvgIpc) is 2.54. The maximum atomic E-state index is 12.2. The Hall–Kier alpha value is -0.530. The Balaban J connectivity index is 1.62. The fraction of sp³-hybridized carbons (Fsp3) is 0.895. The molecule has 0 aromatic rings. The lowest BCUT2D eigenvalue weighted by atomic mass is 9.69. The second-order valence-electron chi connectivity index (χ2n) is 7.20. The zero-order valence-corrected chi connectivity index (χ0v) is 13.7. The van der Waals surface area contributed by atoms with Gasteiger partial charge in [0.25, 0.3) is 0 Å². The molecule has 0 aromatic heterocycles. The fourth-order valence-electron chi connectivity index (χ4n) is 4.43. The molecule has 2 fully saturated rings. The summed E-state index contributed by atoms with van der Waals surface area (Å²) < 4.78 is 17.8. The van der Waals surface area contributed by atoms with E-state index in [2.05, 4.69) is 0 Å². The second-order valence-corrected chi connectivity index (χ2v) is 7.20. The van der Waals surface area contributed by atoms with Gasteiger partial charge in [-0.3, -0.25) is 4.39 Å². The van der Waals surface area contributed by atoms with E-state index in [0.29, 0.717) is 0 Å². The monoisotopic (exact) mass is 296 g/mol. The smallest absolute Gasteiger partial charge is 0.0901 e. The molecule has 0 unspecified atom stereocenters. The van der Waals surface area contributed by atoms with E-state index in [1.54, 1.807) is 0 Å². The number of rotatable bonds is 7. The molecule has 2 aliphatic carbocycles. The number of allylic oxidation sites excluding steroid dienone is 1. The molecule has 0 saturated heterocycles. The van der Waals surface area contributed by atoms with Crippen LogP contribution in [0.2, 0.25) is 0 Å². The zero-order chi connectivity index (χ0) is 14.9. The number of hydrogen-bond acceptors (Lipinski definition) is 1. The van der Waals surface area contributed by atoms with Gasteiger partial charge in [0.05, 0.1) is 19.5 Å². The second kappa shape index (κ2) is 9.48. The molecule has 2 heteroatoms. The summed E-state index contributed by atoms with van der Waals surface area (Å²) in [5.41, 5.74) is 0. The van der Waals surface area contributed by atoms with Crippen molar-refractivity contribution >= 4 is 0 Å². The molecule has 2 aliphatic rings. The van der Waals surface area contributed by atoms with Gasteiger partial charge in [-0.15, -0.1) is 0 Å². The third-order valence-corrected chi connectivity index (χ3v) is 5.76. The Labute approximate surface area is 130 Å². The Bertz CT molecular complexity index is 286. The standard InChI is InChI=1S/C19H33FO/c1-2-14-21-15-17-7-11-19(12-8-17)18-9-5-16(6-10-18)4-3-13-20/h2,14,16-19H,3-13,15H2,1H3. The van der Waals surface area contributed by atoms with Gasteiger partial charge in [-0.2, -0.15) is 0 Å². The normalized spacial score (nSPS) is 34.2. The fourth-order valence-corrected chi connectivity index (χ4v) is 4.43. The van der Waals surface area contributed by atoms with Crippen molar-refractivity contribution in [3.63, 3.8) is 0 Å². The summed E-state index contributed by atoms with van der Waals surface area (Å²) >= 11 is 0. The highest BCUT2D eigenvalue weighted by Crippen LogP contribution is 2.42. The summed E-state index contributed by atoms with van der Waals surface area (Å²) in [4.78, 5) is 0. The quantitative estimate of drug-likeness (QED) is 0.531. The largest absolute Gasteiger partial charge is 0.501 e. The van der Waals surface area contributed by atoms with Crippen LogP contribution in [0.5, 0.6) is 0 Å². The molecule has 0 aliphatic heterocycles. The first-order valence-corrected chi connectivity index (χ1v) is 9.12. The van der Waals surface area contributed by atoms with E-state index in [9.17, 15) is 4.39 Å². The number of halogens is 1. The van der Waals surface area contributed by atoms with Gasteiger partial charge in [0.2, 0.25) is 0 Å². The van der Waals surface area contributed by atoms with Crippen molar-refractivity contribution in [1.82, 2.24) is 0 Å². The maximum absolute atomic E-state index is 12.2. The molecule has 0 radical (unpaired) electrons. The lowest BCUT2D eigenvalue weighted by Gasteiger charge is -2.37. The Morgan fingerprint density at radius 3 is 2.00 bits per heavy atom. The van der Waals surface area contributed by atoms with Gasteiger partial charge >= 0.3 is 0 Å². The molecule has 2 rings (SSSR count). The molecule has 0 heterocycles. The van der Waals surface area contributed by atoms with Gasteiger partial charge in [-0.05, 0) is 82.0 Å². The zero-order valence-electron chi connectivity index (χ0n) is 13.7. The van der Waals surface area contributed by atoms with Gasteiger partial charge in [0.15, 0.2) is 0 Å². The van der Waals surface area contributed by atoms with Crippen LogP contribution in [0.25, 0.3) is 0 Å². The summed E-state index contributed by atoms with van der Waals surface area (Å²) in [5.74, 6) is 3.52. The first kappa shape index (κ1) is 16.8. The van der Waals surface area contributed by atoms with Crippen LogP contribution < -0.4 is 0 Å². The van der Waals surface area contributed by atoms with E-state index in [0.717, 1.165) is 43.1 Å². The van der Waals surface area contributed by atoms with Crippen LogP contribution >= 0.6 is 0 Å². The van der Waals surface area contributed by atoms with Gasteiger partial charge < -0.3 is 4.74 Å². The number of alkyl halides is 1. The minimum Gasteiger partial charge on any atom is -0.501 e. The van der Waals surface area contributed by atoms with Crippen LogP contribution in [0.1, 0.15) is 71.1 Å². The molecule has 1 nitrogen and oxygen atoms in total. The van der Waals surface area contributed by atoms with Crippen molar-refractivity contribution in [3.8, 4) is 0 Å².